The monoisotopic (exact) mass is 329 g/mol. The van der Waals surface area contributed by atoms with Gasteiger partial charge >= 0.3 is 5.97 Å². The van der Waals surface area contributed by atoms with Crippen molar-refractivity contribution in [2.45, 2.75) is 36.6 Å². The number of carbonyl (C=O) groups is 2. The lowest BCUT2D eigenvalue weighted by Crippen LogP contribution is -2.39. The number of hydrogen-bond donors (Lipinski definition) is 2. The van der Waals surface area contributed by atoms with E-state index in [0.29, 0.717) is 30.6 Å². The number of hydrogen-bond acceptors (Lipinski definition) is 3. The molecule has 1 fully saturated rings. The topological polar surface area (TPSA) is 66.4 Å². The van der Waals surface area contributed by atoms with Gasteiger partial charge in [0.2, 0.25) is 5.91 Å². The molecule has 0 bridgehead atoms. The van der Waals surface area contributed by atoms with Crippen molar-refractivity contribution in [2.24, 2.45) is 5.92 Å². The van der Waals surface area contributed by atoms with E-state index in [2.05, 4.69) is 5.32 Å². The molecule has 1 aliphatic rings. The standard InChI is InChI=1S/C15H17F2NO3S/c16-12-6-5-11(7-13(12)17)22-8-14(19)18-10-3-1-9(2-4-10)15(20)21/h5-7,9-10H,1-4,8H2,(H,18,19)(H,20,21). The zero-order chi connectivity index (χ0) is 16.1. The number of halogens is 2. The maximum atomic E-state index is 13.0. The number of thioether (sulfide) groups is 1. The molecule has 2 N–H and O–H groups in total. The summed E-state index contributed by atoms with van der Waals surface area (Å²) in [6, 6.07) is 3.51. The first-order chi connectivity index (χ1) is 10.5. The molecule has 1 aromatic carbocycles. The highest BCUT2D eigenvalue weighted by Gasteiger charge is 2.26. The van der Waals surface area contributed by atoms with E-state index in [1.165, 1.54) is 6.07 Å². The van der Waals surface area contributed by atoms with Crippen molar-refractivity contribution in [3.8, 4) is 0 Å². The smallest absolute Gasteiger partial charge is 0.306 e. The Kier molecular flexibility index (Phi) is 5.76. The van der Waals surface area contributed by atoms with Gasteiger partial charge < -0.3 is 10.4 Å². The molecule has 1 saturated carbocycles. The van der Waals surface area contributed by atoms with E-state index in [9.17, 15) is 18.4 Å². The summed E-state index contributed by atoms with van der Waals surface area (Å²) in [7, 11) is 0. The summed E-state index contributed by atoms with van der Waals surface area (Å²) in [5.41, 5.74) is 0. The first-order valence-electron chi connectivity index (χ1n) is 7.05. The van der Waals surface area contributed by atoms with Gasteiger partial charge in [-0.25, -0.2) is 8.78 Å². The second kappa shape index (κ2) is 7.58. The van der Waals surface area contributed by atoms with Crippen LogP contribution < -0.4 is 5.32 Å². The summed E-state index contributed by atoms with van der Waals surface area (Å²) < 4.78 is 25.8. The minimum Gasteiger partial charge on any atom is -0.481 e. The molecule has 1 amide bonds. The van der Waals surface area contributed by atoms with Crippen LogP contribution in [0.2, 0.25) is 0 Å². The van der Waals surface area contributed by atoms with Gasteiger partial charge in [-0.05, 0) is 43.9 Å². The number of carboxylic acids is 1. The van der Waals surface area contributed by atoms with E-state index in [0.717, 1.165) is 23.9 Å². The molecule has 4 nitrogen and oxygen atoms in total. The molecule has 0 aromatic heterocycles. The predicted octanol–water partition coefficient (Wildman–Crippen LogP) is 2.82. The third-order valence-electron chi connectivity index (χ3n) is 3.70. The first kappa shape index (κ1) is 16.7. The fraction of sp³-hybridized carbons (Fsp3) is 0.467. The quantitative estimate of drug-likeness (QED) is 0.815. The molecule has 1 aliphatic carbocycles. The SMILES string of the molecule is O=C(CSc1ccc(F)c(F)c1)NC1CCC(C(=O)O)CC1. The highest BCUT2D eigenvalue weighted by Crippen LogP contribution is 2.25. The average Bonchev–Trinajstić information content (AvgIpc) is 2.49. The Labute approximate surface area is 131 Å². The van der Waals surface area contributed by atoms with Crippen molar-refractivity contribution >= 4 is 23.6 Å². The Balaban J connectivity index is 1.74. The third-order valence-corrected chi connectivity index (χ3v) is 4.70. The maximum Gasteiger partial charge on any atom is 0.306 e. The van der Waals surface area contributed by atoms with Gasteiger partial charge in [-0.1, -0.05) is 0 Å². The van der Waals surface area contributed by atoms with Crippen LogP contribution in [0, 0.1) is 17.6 Å². The van der Waals surface area contributed by atoms with Crippen LogP contribution in [-0.4, -0.2) is 28.8 Å². The molecule has 0 radical (unpaired) electrons. The molecule has 1 aromatic rings. The van der Waals surface area contributed by atoms with Gasteiger partial charge in [0, 0.05) is 10.9 Å². The molecular weight excluding hydrogens is 312 g/mol. The van der Waals surface area contributed by atoms with Crippen molar-refractivity contribution in [2.75, 3.05) is 5.75 Å². The highest BCUT2D eigenvalue weighted by atomic mass is 32.2. The molecular formula is C15H17F2NO3S. The molecule has 0 atom stereocenters. The number of aliphatic carboxylic acids is 1. The van der Waals surface area contributed by atoms with Crippen molar-refractivity contribution in [3.63, 3.8) is 0 Å². The Morgan fingerprint density at radius 1 is 1.18 bits per heavy atom. The largest absolute Gasteiger partial charge is 0.481 e. The number of amides is 1. The number of benzene rings is 1. The van der Waals surface area contributed by atoms with Crippen molar-refractivity contribution in [1.29, 1.82) is 0 Å². The van der Waals surface area contributed by atoms with Gasteiger partial charge in [0.05, 0.1) is 11.7 Å². The molecule has 7 heteroatoms. The van der Waals surface area contributed by atoms with Crippen molar-refractivity contribution in [1.82, 2.24) is 5.32 Å². The molecule has 0 unspecified atom stereocenters. The zero-order valence-electron chi connectivity index (χ0n) is 11.9. The zero-order valence-corrected chi connectivity index (χ0v) is 12.7. The molecule has 2 rings (SSSR count). The molecule has 0 heterocycles. The second-order valence-electron chi connectivity index (χ2n) is 5.32. The van der Waals surface area contributed by atoms with Gasteiger partial charge in [0.1, 0.15) is 0 Å². The van der Waals surface area contributed by atoms with Gasteiger partial charge in [-0.3, -0.25) is 9.59 Å². The van der Waals surface area contributed by atoms with Crippen LogP contribution in [-0.2, 0) is 9.59 Å². The van der Waals surface area contributed by atoms with Gasteiger partial charge in [0.25, 0.3) is 0 Å². The van der Waals surface area contributed by atoms with Crippen LogP contribution >= 0.6 is 11.8 Å². The van der Waals surface area contributed by atoms with Crippen LogP contribution in [0.1, 0.15) is 25.7 Å². The number of rotatable bonds is 5. The van der Waals surface area contributed by atoms with E-state index in [-0.39, 0.29) is 23.6 Å². The predicted molar refractivity (Wildman–Crippen MR) is 78.6 cm³/mol. The summed E-state index contributed by atoms with van der Waals surface area (Å²) in [6.45, 7) is 0. The van der Waals surface area contributed by atoms with Gasteiger partial charge in [-0.15, -0.1) is 11.8 Å². The lowest BCUT2D eigenvalue weighted by Gasteiger charge is -2.26. The Morgan fingerprint density at radius 2 is 1.86 bits per heavy atom. The van der Waals surface area contributed by atoms with Crippen LogP contribution in [0.25, 0.3) is 0 Å². The second-order valence-corrected chi connectivity index (χ2v) is 6.37. The Hall–Kier alpha value is -1.63. The summed E-state index contributed by atoms with van der Waals surface area (Å²) in [5.74, 6) is -3.01. The van der Waals surface area contributed by atoms with Gasteiger partial charge in [-0.2, -0.15) is 0 Å². The lowest BCUT2D eigenvalue weighted by atomic mass is 9.86. The minimum absolute atomic E-state index is 0.00588. The number of carbonyl (C=O) groups excluding carboxylic acids is 1. The molecule has 120 valence electrons. The van der Waals surface area contributed by atoms with Crippen LogP contribution in [0.4, 0.5) is 8.78 Å². The fourth-order valence-electron chi connectivity index (χ4n) is 2.47. The first-order valence-corrected chi connectivity index (χ1v) is 8.04. The molecule has 0 aliphatic heterocycles. The number of carboxylic acid groups (broad SMARTS) is 1. The Morgan fingerprint density at radius 3 is 2.45 bits per heavy atom. The summed E-state index contributed by atoms with van der Waals surface area (Å²) >= 11 is 1.13. The van der Waals surface area contributed by atoms with Gasteiger partial charge in [0.15, 0.2) is 11.6 Å². The average molecular weight is 329 g/mol. The van der Waals surface area contributed by atoms with Crippen molar-refractivity contribution < 1.29 is 23.5 Å². The van der Waals surface area contributed by atoms with E-state index >= 15 is 0 Å². The normalized spacial score (nSPS) is 21.4. The summed E-state index contributed by atoms with van der Waals surface area (Å²) in [6.07, 6.45) is 2.43. The van der Waals surface area contributed by atoms with Crippen LogP contribution in [0.15, 0.2) is 23.1 Å². The third kappa shape index (κ3) is 4.69. The van der Waals surface area contributed by atoms with Crippen molar-refractivity contribution in [3.05, 3.63) is 29.8 Å². The highest BCUT2D eigenvalue weighted by molar-refractivity contribution is 8.00. The summed E-state index contributed by atoms with van der Waals surface area (Å²) in [5, 5.41) is 11.8. The molecule has 22 heavy (non-hydrogen) atoms. The maximum absolute atomic E-state index is 13.0. The molecule has 0 saturated heterocycles. The molecule has 0 spiro atoms. The van der Waals surface area contributed by atoms with E-state index in [1.54, 1.807) is 0 Å². The van der Waals surface area contributed by atoms with E-state index < -0.39 is 17.6 Å². The summed E-state index contributed by atoms with van der Waals surface area (Å²) in [4.78, 5) is 23.2. The Bertz CT molecular complexity index is 560. The number of nitrogens with one attached hydrogen (secondary N) is 1. The lowest BCUT2D eigenvalue weighted by molar-refractivity contribution is -0.142. The minimum atomic E-state index is -0.933. The van der Waals surface area contributed by atoms with E-state index in [4.69, 9.17) is 5.11 Å². The fourth-order valence-corrected chi connectivity index (χ4v) is 3.20. The van der Waals surface area contributed by atoms with E-state index in [1.807, 2.05) is 0 Å². The van der Waals surface area contributed by atoms with Crippen LogP contribution in [0.3, 0.4) is 0 Å². The van der Waals surface area contributed by atoms with Crippen LogP contribution in [0.5, 0.6) is 0 Å².